The Bertz CT molecular complexity index is 1340. The van der Waals surface area contributed by atoms with Crippen LogP contribution in [0.15, 0.2) is 53.3 Å². The monoisotopic (exact) mass is 436 g/mol. The molecule has 1 N–H and O–H groups in total. The molecule has 0 amide bonds. The summed E-state index contributed by atoms with van der Waals surface area (Å²) in [5.74, 6) is 1.73. The molecule has 3 heterocycles. The van der Waals surface area contributed by atoms with Gasteiger partial charge in [-0.05, 0) is 36.3 Å². The molecule has 1 aliphatic heterocycles. The summed E-state index contributed by atoms with van der Waals surface area (Å²) < 4.78 is 11.2. The normalized spacial score (nSPS) is 13.6. The Morgan fingerprint density at radius 1 is 1.13 bits per heavy atom. The van der Waals surface area contributed by atoms with Crippen LogP contribution in [0.25, 0.3) is 32.5 Å². The van der Waals surface area contributed by atoms with E-state index in [1.165, 1.54) is 11.3 Å². The molecule has 2 aromatic carbocycles. The molecule has 4 aromatic rings. The summed E-state index contributed by atoms with van der Waals surface area (Å²) in [5, 5.41) is 0.939. The van der Waals surface area contributed by atoms with Gasteiger partial charge in [-0.15, -0.1) is 11.3 Å². The van der Waals surface area contributed by atoms with Gasteiger partial charge in [0.05, 0.1) is 10.4 Å². The molecule has 1 aliphatic rings. The number of hydrogen-bond acceptors (Lipinski definition) is 5. The molecule has 7 heteroatoms. The number of nitrogens with zero attached hydrogens (tertiary/aromatic N) is 1. The van der Waals surface area contributed by atoms with E-state index in [1.807, 2.05) is 55.5 Å². The van der Waals surface area contributed by atoms with Crippen molar-refractivity contribution in [1.82, 2.24) is 9.97 Å². The number of thiophene rings is 1. The third kappa shape index (κ3) is 3.38. The van der Waals surface area contributed by atoms with Gasteiger partial charge in [-0.3, -0.25) is 4.79 Å². The molecule has 30 heavy (non-hydrogen) atoms. The fourth-order valence-corrected chi connectivity index (χ4v) is 4.81. The molecule has 0 saturated carbocycles. The minimum Gasteiger partial charge on any atom is -0.486 e. The summed E-state index contributed by atoms with van der Waals surface area (Å²) in [5.41, 5.74) is 2.55. The van der Waals surface area contributed by atoms with Gasteiger partial charge in [0, 0.05) is 10.4 Å². The molecule has 0 spiro atoms. The lowest BCUT2D eigenvalue weighted by Gasteiger charge is -2.18. The predicted molar refractivity (Wildman–Crippen MR) is 122 cm³/mol. The Hall–Kier alpha value is -3.09. The van der Waals surface area contributed by atoms with Crippen LogP contribution in [-0.4, -0.2) is 23.2 Å². The number of halogens is 1. The van der Waals surface area contributed by atoms with Crippen LogP contribution in [0.4, 0.5) is 0 Å². The van der Waals surface area contributed by atoms with Gasteiger partial charge in [0.15, 0.2) is 17.3 Å². The highest BCUT2D eigenvalue weighted by atomic mass is 35.5. The van der Waals surface area contributed by atoms with E-state index >= 15 is 0 Å². The fraction of sp³-hybridized carbons (Fsp3) is 0.130. The second-order valence-electron chi connectivity index (χ2n) is 6.89. The first-order chi connectivity index (χ1) is 14.6. The molecule has 0 fully saturated rings. The summed E-state index contributed by atoms with van der Waals surface area (Å²) in [6.45, 7) is 3.06. The molecular formula is C23H17ClN2O3S. The smallest absolute Gasteiger partial charge is 0.260 e. The highest BCUT2D eigenvalue weighted by Gasteiger charge is 2.17. The van der Waals surface area contributed by atoms with Gasteiger partial charge in [0.2, 0.25) is 0 Å². The predicted octanol–water partition coefficient (Wildman–Crippen LogP) is 5.47. The molecule has 0 atom stereocenters. The van der Waals surface area contributed by atoms with E-state index in [9.17, 15) is 4.79 Å². The molecule has 0 unspecified atom stereocenters. The van der Waals surface area contributed by atoms with E-state index in [4.69, 9.17) is 21.1 Å². The van der Waals surface area contributed by atoms with Crippen molar-refractivity contribution in [2.45, 2.75) is 6.92 Å². The largest absolute Gasteiger partial charge is 0.486 e. The van der Waals surface area contributed by atoms with Gasteiger partial charge in [0.25, 0.3) is 5.56 Å². The van der Waals surface area contributed by atoms with Crippen molar-refractivity contribution < 1.29 is 9.47 Å². The second-order valence-corrected chi connectivity index (χ2v) is 8.50. The molecule has 150 valence electrons. The third-order valence-corrected chi connectivity index (χ3v) is 6.17. The van der Waals surface area contributed by atoms with E-state index < -0.39 is 0 Å². The minimum absolute atomic E-state index is 0.202. The van der Waals surface area contributed by atoms with Crippen LogP contribution in [0.3, 0.4) is 0 Å². The number of H-pyrrole nitrogens is 1. The van der Waals surface area contributed by atoms with Crippen LogP contribution in [0, 0.1) is 6.92 Å². The number of nitrogens with one attached hydrogen (secondary N) is 1. The standard InChI is InChI=1S/C23H17ClN2O3S/c1-13-19(15-5-3-2-4-6-15)20-22(27)25-21(26-23(20)30-13)16(24)11-14-7-8-17-18(12-14)29-10-9-28-17/h2-8,11-12H,9-10H2,1H3,(H,25,26,27)/b16-11-. The average Bonchev–Trinajstić information content (AvgIpc) is 3.10. The Morgan fingerprint density at radius 3 is 2.70 bits per heavy atom. The quantitative estimate of drug-likeness (QED) is 0.462. The van der Waals surface area contributed by atoms with Crippen LogP contribution < -0.4 is 15.0 Å². The summed E-state index contributed by atoms with van der Waals surface area (Å²) in [6, 6.07) is 15.5. The van der Waals surface area contributed by atoms with E-state index in [1.54, 1.807) is 6.08 Å². The molecule has 0 aliphatic carbocycles. The number of aromatic amines is 1. The SMILES string of the molecule is Cc1sc2nc(/C(Cl)=C/c3ccc4c(c3)OCCO4)[nH]c(=O)c2c1-c1ccccc1. The van der Waals surface area contributed by atoms with E-state index in [0.29, 0.717) is 45.8 Å². The van der Waals surface area contributed by atoms with Gasteiger partial charge in [-0.2, -0.15) is 0 Å². The maximum atomic E-state index is 12.9. The number of fused-ring (bicyclic) bond motifs is 2. The number of hydrogen-bond donors (Lipinski definition) is 1. The molecule has 0 radical (unpaired) electrons. The van der Waals surface area contributed by atoms with E-state index in [-0.39, 0.29) is 5.56 Å². The first-order valence-electron chi connectivity index (χ1n) is 9.46. The molecule has 0 bridgehead atoms. The van der Waals surface area contributed by atoms with E-state index in [0.717, 1.165) is 21.6 Å². The summed E-state index contributed by atoms with van der Waals surface area (Å²) in [6.07, 6.45) is 1.75. The van der Waals surface area contributed by atoms with Gasteiger partial charge in [0.1, 0.15) is 18.0 Å². The molecule has 5 nitrogen and oxygen atoms in total. The van der Waals surface area contributed by atoms with Crippen molar-refractivity contribution in [2.24, 2.45) is 0 Å². The fourth-order valence-electron chi connectivity index (χ4n) is 3.55. The number of aromatic nitrogens is 2. The van der Waals surface area contributed by atoms with Crippen molar-refractivity contribution in [1.29, 1.82) is 0 Å². The Morgan fingerprint density at radius 2 is 1.90 bits per heavy atom. The second kappa shape index (κ2) is 7.63. The topological polar surface area (TPSA) is 64.2 Å². The Balaban J connectivity index is 1.57. The maximum Gasteiger partial charge on any atom is 0.260 e. The highest BCUT2D eigenvalue weighted by Crippen LogP contribution is 2.36. The zero-order valence-electron chi connectivity index (χ0n) is 16.1. The zero-order valence-corrected chi connectivity index (χ0v) is 17.6. The van der Waals surface area contributed by atoms with Crippen LogP contribution in [0.5, 0.6) is 11.5 Å². The van der Waals surface area contributed by atoms with Gasteiger partial charge >= 0.3 is 0 Å². The van der Waals surface area contributed by atoms with Gasteiger partial charge in [-0.25, -0.2) is 4.98 Å². The van der Waals surface area contributed by atoms with Crippen molar-refractivity contribution in [3.63, 3.8) is 0 Å². The van der Waals surface area contributed by atoms with Gasteiger partial charge < -0.3 is 14.5 Å². The highest BCUT2D eigenvalue weighted by molar-refractivity contribution is 7.19. The van der Waals surface area contributed by atoms with Crippen LogP contribution in [0.1, 0.15) is 16.3 Å². The first-order valence-corrected chi connectivity index (χ1v) is 10.7. The minimum atomic E-state index is -0.202. The first kappa shape index (κ1) is 18.9. The van der Waals surface area contributed by atoms with Crippen molar-refractivity contribution >= 4 is 44.3 Å². The number of ether oxygens (including phenoxy) is 2. The van der Waals surface area contributed by atoms with Crippen molar-refractivity contribution in [2.75, 3.05) is 13.2 Å². The number of aryl methyl sites for hydroxylation is 1. The van der Waals surface area contributed by atoms with Crippen LogP contribution in [0.2, 0.25) is 0 Å². The summed E-state index contributed by atoms with van der Waals surface area (Å²) >= 11 is 8.01. The maximum absolute atomic E-state index is 12.9. The molecular weight excluding hydrogens is 420 g/mol. The number of benzene rings is 2. The van der Waals surface area contributed by atoms with Crippen LogP contribution >= 0.6 is 22.9 Å². The Kier molecular flexibility index (Phi) is 4.81. The lowest BCUT2D eigenvalue weighted by Crippen LogP contribution is -2.15. The van der Waals surface area contributed by atoms with Crippen molar-refractivity contribution in [3.05, 3.63) is 75.1 Å². The van der Waals surface area contributed by atoms with E-state index in [2.05, 4.69) is 9.97 Å². The molecule has 2 aromatic heterocycles. The third-order valence-electron chi connectivity index (χ3n) is 4.89. The Labute approximate surface area is 181 Å². The number of rotatable bonds is 3. The van der Waals surface area contributed by atoms with Crippen LogP contribution in [-0.2, 0) is 0 Å². The average molecular weight is 437 g/mol. The van der Waals surface area contributed by atoms with Crippen molar-refractivity contribution in [3.8, 4) is 22.6 Å². The zero-order chi connectivity index (χ0) is 20.7. The lowest BCUT2D eigenvalue weighted by molar-refractivity contribution is 0.171. The summed E-state index contributed by atoms with van der Waals surface area (Å²) in [4.78, 5) is 22.1. The summed E-state index contributed by atoms with van der Waals surface area (Å²) in [7, 11) is 0. The lowest BCUT2D eigenvalue weighted by atomic mass is 10.0. The molecule has 5 rings (SSSR count). The molecule has 0 saturated heterocycles. The van der Waals surface area contributed by atoms with Gasteiger partial charge in [-0.1, -0.05) is 48.0 Å².